The van der Waals surface area contributed by atoms with Crippen LogP contribution in [0.4, 0.5) is 0 Å². The minimum absolute atomic E-state index is 0.372. The molecule has 2 aromatic rings. The highest BCUT2D eigenvalue weighted by Gasteiger charge is 2.09. The Balaban J connectivity index is 2.13. The summed E-state index contributed by atoms with van der Waals surface area (Å²) in [5, 5.41) is 13.3. The van der Waals surface area contributed by atoms with Crippen molar-refractivity contribution in [2.45, 2.75) is 6.42 Å². The molecule has 0 aliphatic rings. The second kappa shape index (κ2) is 4.74. The van der Waals surface area contributed by atoms with Gasteiger partial charge in [-0.3, -0.25) is 0 Å². The lowest BCUT2D eigenvalue weighted by molar-refractivity contribution is 0.583. The number of likely N-dealkylation sites (N-methyl/N-ethyl adjacent to an activating group) is 1. The molecule has 0 unspecified atom stereocenters. The van der Waals surface area contributed by atoms with Crippen molar-refractivity contribution in [2.75, 3.05) is 13.6 Å². The molecule has 0 aromatic carbocycles. The standard InChI is InChI=1S/C9H10ClN3OS/c1-11-5-4-8-12-13-9(15-8)6-2-3-7(10)14-6/h2-3,11H,4-5H2,1H3. The summed E-state index contributed by atoms with van der Waals surface area (Å²) in [5.41, 5.74) is 0. The van der Waals surface area contributed by atoms with Gasteiger partial charge < -0.3 is 9.73 Å². The van der Waals surface area contributed by atoms with Gasteiger partial charge in [-0.05, 0) is 30.8 Å². The van der Waals surface area contributed by atoms with Gasteiger partial charge in [-0.1, -0.05) is 11.3 Å². The maximum atomic E-state index is 5.68. The van der Waals surface area contributed by atoms with E-state index in [-0.39, 0.29) is 0 Å². The lowest BCUT2D eigenvalue weighted by Gasteiger charge is -1.91. The van der Waals surface area contributed by atoms with Crippen LogP contribution in [0, 0.1) is 0 Å². The molecule has 0 aliphatic heterocycles. The summed E-state index contributed by atoms with van der Waals surface area (Å²) >= 11 is 7.21. The molecule has 0 amide bonds. The number of hydrogen-bond donors (Lipinski definition) is 1. The number of halogens is 1. The molecule has 0 bridgehead atoms. The molecule has 0 saturated heterocycles. The predicted molar refractivity (Wildman–Crippen MR) is 60.3 cm³/mol. The third-order valence-corrected chi connectivity index (χ3v) is 3.04. The molecule has 15 heavy (non-hydrogen) atoms. The average molecular weight is 244 g/mol. The average Bonchev–Trinajstić information content (AvgIpc) is 2.83. The Morgan fingerprint density at radius 1 is 1.47 bits per heavy atom. The lowest BCUT2D eigenvalue weighted by atomic mass is 10.4. The first-order valence-corrected chi connectivity index (χ1v) is 5.71. The molecule has 4 nitrogen and oxygen atoms in total. The van der Waals surface area contributed by atoms with E-state index in [9.17, 15) is 0 Å². The Morgan fingerprint density at radius 2 is 2.33 bits per heavy atom. The minimum Gasteiger partial charge on any atom is -0.442 e. The Labute approximate surface area is 96.3 Å². The van der Waals surface area contributed by atoms with Crippen molar-refractivity contribution in [2.24, 2.45) is 0 Å². The summed E-state index contributed by atoms with van der Waals surface area (Å²) in [7, 11) is 1.91. The van der Waals surface area contributed by atoms with Crippen LogP contribution in [-0.4, -0.2) is 23.8 Å². The molecule has 1 N–H and O–H groups in total. The molecular weight excluding hydrogens is 234 g/mol. The van der Waals surface area contributed by atoms with E-state index in [1.165, 1.54) is 11.3 Å². The summed E-state index contributed by atoms with van der Waals surface area (Å²) in [6.07, 6.45) is 0.878. The van der Waals surface area contributed by atoms with Crippen LogP contribution in [0.2, 0.25) is 5.22 Å². The first-order valence-electron chi connectivity index (χ1n) is 4.52. The fourth-order valence-corrected chi connectivity index (χ4v) is 2.06. The quantitative estimate of drug-likeness (QED) is 0.895. The van der Waals surface area contributed by atoms with Gasteiger partial charge in [-0.25, -0.2) is 0 Å². The van der Waals surface area contributed by atoms with Crippen LogP contribution in [0.1, 0.15) is 5.01 Å². The molecular formula is C9H10ClN3OS. The molecule has 0 fully saturated rings. The van der Waals surface area contributed by atoms with Crippen LogP contribution >= 0.6 is 22.9 Å². The van der Waals surface area contributed by atoms with Crippen LogP contribution in [0.3, 0.4) is 0 Å². The van der Waals surface area contributed by atoms with E-state index in [2.05, 4.69) is 15.5 Å². The van der Waals surface area contributed by atoms with Crippen molar-refractivity contribution in [3.63, 3.8) is 0 Å². The summed E-state index contributed by atoms with van der Waals surface area (Å²) in [6.45, 7) is 0.896. The normalized spacial score (nSPS) is 10.8. The van der Waals surface area contributed by atoms with Crippen molar-refractivity contribution in [3.05, 3.63) is 22.4 Å². The van der Waals surface area contributed by atoms with E-state index in [0.717, 1.165) is 23.0 Å². The summed E-state index contributed by atoms with van der Waals surface area (Å²) < 4.78 is 5.25. The summed E-state index contributed by atoms with van der Waals surface area (Å²) in [4.78, 5) is 0. The fraction of sp³-hybridized carbons (Fsp3) is 0.333. The molecule has 6 heteroatoms. The zero-order valence-corrected chi connectivity index (χ0v) is 9.73. The van der Waals surface area contributed by atoms with Crippen LogP contribution in [-0.2, 0) is 6.42 Å². The highest BCUT2D eigenvalue weighted by Crippen LogP contribution is 2.27. The Hall–Kier alpha value is -0.910. The molecule has 0 atom stereocenters. The Bertz CT molecular complexity index is 440. The van der Waals surface area contributed by atoms with E-state index >= 15 is 0 Å². The third kappa shape index (κ3) is 2.56. The number of hydrogen-bond acceptors (Lipinski definition) is 5. The molecule has 80 valence electrons. The van der Waals surface area contributed by atoms with Gasteiger partial charge in [-0.15, -0.1) is 10.2 Å². The summed E-state index contributed by atoms with van der Waals surface area (Å²) in [6, 6.07) is 3.50. The van der Waals surface area contributed by atoms with E-state index in [0.29, 0.717) is 11.0 Å². The van der Waals surface area contributed by atoms with Crippen molar-refractivity contribution in [1.82, 2.24) is 15.5 Å². The summed E-state index contributed by atoms with van der Waals surface area (Å²) in [5.74, 6) is 0.674. The second-order valence-corrected chi connectivity index (χ2v) is 4.39. The Morgan fingerprint density at radius 3 is 3.00 bits per heavy atom. The predicted octanol–water partition coefficient (Wildman–Crippen LogP) is 2.21. The van der Waals surface area contributed by atoms with Crippen LogP contribution in [0.25, 0.3) is 10.8 Å². The number of furan rings is 1. The van der Waals surface area contributed by atoms with Crippen LogP contribution < -0.4 is 5.32 Å². The minimum atomic E-state index is 0.372. The van der Waals surface area contributed by atoms with Gasteiger partial charge in [0, 0.05) is 13.0 Å². The second-order valence-electron chi connectivity index (χ2n) is 2.96. The van der Waals surface area contributed by atoms with Gasteiger partial charge in [0.15, 0.2) is 16.0 Å². The van der Waals surface area contributed by atoms with Gasteiger partial charge in [0.25, 0.3) is 0 Å². The van der Waals surface area contributed by atoms with E-state index < -0.39 is 0 Å². The SMILES string of the molecule is CNCCc1nnc(-c2ccc(Cl)o2)s1. The van der Waals surface area contributed by atoms with Crippen molar-refractivity contribution in [1.29, 1.82) is 0 Å². The smallest absolute Gasteiger partial charge is 0.194 e. The number of nitrogens with zero attached hydrogens (tertiary/aromatic N) is 2. The molecule has 0 spiro atoms. The van der Waals surface area contributed by atoms with E-state index in [4.69, 9.17) is 16.0 Å². The first kappa shape index (κ1) is 10.6. The Kier molecular flexibility index (Phi) is 3.35. The number of nitrogens with one attached hydrogen (secondary N) is 1. The zero-order chi connectivity index (χ0) is 10.7. The van der Waals surface area contributed by atoms with Gasteiger partial charge in [0.1, 0.15) is 5.01 Å². The highest BCUT2D eigenvalue weighted by atomic mass is 35.5. The largest absolute Gasteiger partial charge is 0.442 e. The maximum Gasteiger partial charge on any atom is 0.194 e. The number of rotatable bonds is 4. The molecule has 2 heterocycles. The molecule has 0 saturated carbocycles. The molecule has 2 aromatic heterocycles. The zero-order valence-electron chi connectivity index (χ0n) is 8.16. The topological polar surface area (TPSA) is 51.0 Å². The van der Waals surface area contributed by atoms with Crippen LogP contribution in [0.5, 0.6) is 0 Å². The van der Waals surface area contributed by atoms with Gasteiger partial charge in [0.05, 0.1) is 0 Å². The van der Waals surface area contributed by atoms with Crippen molar-refractivity contribution in [3.8, 4) is 10.8 Å². The van der Waals surface area contributed by atoms with Crippen LogP contribution in [0.15, 0.2) is 16.5 Å². The van der Waals surface area contributed by atoms with Gasteiger partial charge in [0.2, 0.25) is 0 Å². The van der Waals surface area contributed by atoms with Crippen molar-refractivity contribution >= 4 is 22.9 Å². The monoisotopic (exact) mass is 243 g/mol. The highest BCUT2D eigenvalue weighted by molar-refractivity contribution is 7.14. The molecule has 0 aliphatic carbocycles. The van der Waals surface area contributed by atoms with Crippen molar-refractivity contribution < 1.29 is 4.42 Å². The fourth-order valence-electron chi connectivity index (χ4n) is 1.12. The van der Waals surface area contributed by atoms with E-state index in [1.54, 1.807) is 12.1 Å². The maximum absolute atomic E-state index is 5.68. The lowest BCUT2D eigenvalue weighted by Crippen LogP contribution is -2.09. The number of aromatic nitrogens is 2. The van der Waals surface area contributed by atoms with Gasteiger partial charge in [-0.2, -0.15) is 0 Å². The third-order valence-electron chi connectivity index (χ3n) is 1.84. The van der Waals surface area contributed by atoms with E-state index in [1.807, 2.05) is 7.05 Å². The molecule has 2 rings (SSSR count). The molecule has 0 radical (unpaired) electrons. The first-order chi connectivity index (χ1) is 7.29. The van der Waals surface area contributed by atoms with Gasteiger partial charge >= 0.3 is 0 Å².